The van der Waals surface area contributed by atoms with Crippen molar-refractivity contribution in [2.75, 3.05) is 13.2 Å². The summed E-state index contributed by atoms with van der Waals surface area (Å²) in [5.41, 5.74) is 2.51. The maximum Gasteiger partial charge on any atom is 0.317 e. The first-order valence-electron chi connectivity index (χ1n) is 11.6. The Kier molecular flexibility index (Phi) is 7.75. The molecule has 1 N–H and O–H groups in total. The van der Waals surface area contributed by atoms with Gasteiger partial charge in [0.1, 0.15) is 5.75 Å². The number of para-hydroxylation sites is 1. The molecule has 0 radical (unpaired) electrons. The van der Waals surface area contributed by atoms with Gasteiger partial charge in [-0.05, 0) is 70.0 Å². The molecule has 7 nitrogen and oxygen atoms in total. The van der Waals surface area contributed by atoms with Gasteiger partial charge in [-0.2, -0.15) is 5.10 Å². The van der Waals surface area contributed by atoms with Crippen LogP contribution in [0.3, 0.4) is 0 Å². The van der Waals surface area contributed by atoms with Crippen LogP contribution in [0.1, 0.15) is 37.9 Å². The van der Waals surface area contributed by atoms with E-state index in [1.54, 1.807) is 21.7 Å². The smallest absolute Gasteiger partial charge is 0.317 e. The van der Waals surface area contributed by atoms with Gasteiger partial charge >= 0.3 is 6.03 Å². The number of carbonyl (C=O) groups excluding carboxylic acids is 1. The van der Waals surface area contributed by atoms with Crippen molar-refractivity contribution in [3.63, 3.8) is 0 Å². The van der Waals surface area contributed by atoms with Crippen LogP contribution in [0.2, 0.25) is 5.02 Å². The number of urea groups is 1. The molecule has 2 amide bonds. The summed E-state index contributed by atoms with van der Waals surface area (Å²) in [4.78, 5) is 14.9. The minimum atomic E-state index is -0.130. The minimum absolute atomic E-state index is 0.0254. The first-order chi connectivity index (χ1) is 16.4. The monoisotopic (exact) mass is 482 g/mol. The van der Waals surface area contributed by atoms with Crippen LogP contribution in [-0.4, -0.2) is 46.0 Å². The summed E-state index contributed by atoms with van der Waals surface area (Å²) in [6, 6.07) is 16.9. The number of amides is 2. The van der Waals surface area contributed by atoms with Gasteiger partial charge in [-0.15, -0.1) is 0 Å². The minimum Gasteiger partial charge on any atom is -0.439 e. The number of rotatable bonds is 8. The quantitative estimate of drug-likeness (QED) is 0.445. The second-order valence-corrected chi connectivity index (χ2v) is 9.23. The molecular weight excluding hydrogens is 452 g/mol. The fraction of sp³-hybridized carbons (Fsp3) is 0.385. The molecule has 1 aromatic heterocycles. The molecule has 1 atom stereocenters. The van der Waals surface area contributed by atoms with Crippen LogP contribution in [0, 0.1) is 6.92 Å². The first-order valence-corrected chi connectivity index (χ1v) is 12.0. The molecule has 0 bridgehead atoms. The van der Waals surface area contributed by atoms with Crippen molar-refractivity contribution in [3.8, 4) is 17.3 Å². The van der Waals surface area contributed by atoms with Crippen LogP contribution in [0.25, 0.3) is 5.69 Å². The molecule has 1 saturated heterocycles. The molecule has 0 saturated carbocycles. The highest BCUT2D eigenvalue weighted by atomic mass is 35.5. The van der Waals surface area contributed by atoms with Crippen LogP contribution >= 0.6 is 11.6 Å². The van der Waals surface area contributed by atoms with Gasteiger partial charge in [0.05, 0.1) is 29.6 Å². The lowest BCUT2D eigenvalue weighted by atomic mass is 10.2. The van der Waals surface area contributed by atoms with E-state index < -0.39 is 0 Å². The third kappa shape index (κ3) is 5.90. The van der Waals surface area contributed by atoms with E-state index in [9.17, 15) is 4.79 Å². The summed E-state index contributed by atoms with van der Waals surface area (Å²) in [6.07, 6.45) is 1.99. The molecule has 1 aliphatic heterocycles. The molecule has 8 heteroatoms. The van der Waals surface area contributed by atoms with Crippen LogP contribution < -0.4 is 10.1 Å². The van der Waals surface area contributed by atoms with Gasteiger partial charge < -0.3 is 19.7 Å². The van der Waals surface area contributed by atoms with E-state index in [0.717, 1.165) is 36.4 Å². The number of benzene rings is 2. The first kappa shape index (κ1) is 24.1. The fourth-order valence-corrected chi connectivity index (χ4v) is 4.09. The van der Waals surface area contributed by atoms with E-state index in [1.807, 2.05) is 63.2 Å². The zero-order valence-corrected chi connectivity index (χ0v) is 20.6. The van der Waals surface area contributed by atoms with E-state index in [2.05, 4.69) is 5.32 Å². The lowest BCUT2D eigenvalue weighted by Gasteiger charge is -2.27. The summed E-state index contributed by atoms with van der Waals surface area (Å²) in [6.45, 7) is 7.44. The molecule has 1 fully saturated rings. The fourth-order valence-electron chi connectivity index (χ4n) is 3.97. The second-order valence-electron chi connectivity index (χ2n) is 8.79. The third-order valence-electron chi connectivity index (χ3n) is 5.66. The number of aromatic nitrogens is 2. The largest absolute Gasteiger partial charge is 0.439 e. The number of halogens is 1. The molecule has 0 aliphatic carbocycles. The van der Waals surface area contributed by atoms with Crippen molar-refractivity contribution >= 4 is 17.6 Å². The molecular formula is C26H31ClN4O3. The van der Waals surface area contributed by atoms with Gasteiger partial charge in [0, 0.05) is 24.2 Å². The Balaban J connectivity index is 1.71. The predicted molar refractivity (Wildman–Crippen MR) is 133 cm³/mol. The van der Waals surface area contributed by atoms with Crippen LogP contribution in [0.15, 0.2) is 54.6 Å². The van der Waals surface area contributed by atoms with E-state index in [4.69, 9.17) is 26.2 Å². The van der Waals surface area contributed by atoms with Gasteiger partial charge in [0.25, 0.3) is 0 Å². The van der Waals surface area contributed by atoms with Crippen LogP contribution in [0.4, 0.5) is 4.79 Å². The van der Waals surface area contributed by atoms with Crippen molar-refractivity contribution in [2.24, 2.45) is 0 Å². The summed E-state index contributed by atoms with van der Waals surface area (Å²) >= 11 is 6.07. The van der Waals surface area contributed by atoms with Gasteiger partial charge in [-0.25, -0.2) is 9.48 Å². The Morgan fingerprint density at radius 1 is 1.24 bits per heavy atom. The Labute approximate surface area is 205 Å². The molecule has 0 spiro atoms. The maximum absolute atomic E-state index is 13.1. The number of hydrogen-bond acceptors (Lipinski definition) is 4. The van der Waals surface area contributed by atoms with E-state index in [0.29, 0.717) is 29.7 Å². The lowest BCUT2D eigenvalue weighted by Crippen LogP contribution is -2.45. The summed E-state index contributed by atoms with van der Waals surface area (Å²) < 4.78 is 14.0. The SMILES string of the molecule is Cc1nn(-c2ccccc2)c(Oc2ccc(Cl)cc2)c1CN(C[C@@H]1CCCO1)C(=O)NC(C)C. The summed E-state index contributed by atoms with van der Waals surface area (Å²) in [5.74, 6) is 1.21. The van der Waals surface area contributed by atoms with Crippen LogP contribution in [0.5, 0.6) is 11.6 Å². The Morgan fingerprint density at radius 2 is 1.97 bits per heavy atom. The number of hydrogen-bond donors (Lipinski definition) is 1. The van der Waals surface area contributed by atoms with Gasteiger partial charge in [-0.1, -0.05) is 29.8 Å². The number of carbonyl (C=O) groups is 1. The Hall–Kier alpha value is -3.03. The van der Waals surface area contributed by atoms with E-state index in [1.165, 1.54) is 0 Å². The molecule has 2 heterocycles. The van der Waals surface area contributed by atoms with Crippen LogP contribution in [-0.2, 0) is 11.3 Å². The van der Waals surface area contributed by atoms with Gasteiger partial charge in [0.2, 0.25) is 5.88 Å². The average Bonchev–Trinajstić information content (AvgIpc) is 3.43. The van der Waals surface area contributed by atoms with Crippen molar-refractivity contribution in [2.45, 2.75) is 52.3 Å². The average molecular weight is 483 g/mol. The van der Waals surface area contributed by atoms with Crippen molar-refractivity contribution < 1.29 is 14.3 Å². The number of aryl methyl sites for hydroxylation is 1. The highest BCUT2D eigenvalue weighted by molar-refractivity contribution is 6.30. The molecule has 2 aromatic carbocycles. The topological polar surface area (TPSA) is 68.6 Å². The van der Waals surface area contributed by atoms with Crippen molar-refractivity contribution in [1.82, 2.24) is 20.0 Å². The second kappa shape index (κ2) is 10.9. The van der Waals surface area contributed by atoms with Gasteiger partial charge in [0.15, 0.2) is 0 Å². The highest BCUT2D eigenvalue weighted by Gasteiger charge is 2.27. The Morgan fingerprint density at radius 3 is 2.62 bits per heavy atom. The van der Waals surface area contributed by atoms with E-state index in [-0.39, 0.29) is 18.2 Å². The Bertz CT molecular complexity index is 1090. The lowest BCUT2D eigenvalue weighted by molar-refractivity contribution is 0.0789. The molecule has 3 aromatic rings. The summed E-state index contributed by atoms with van der Waals surface area (Å²) in [7, 11) is 0. The molecule has 1 aliphatic rings. The standard InChI is InChI=1S/C26H31ClN4O3/c1-18(2)28-26(32)30(16-23-10-7-15-33-23)17-24-19(3)29-31(21-8-5-4-6-9-21)25(24)34-22-13-11-20(27)12-14-22/h4-6,8-9,11-14,18,23H,7,10,15-17H2,1-3H3,(H,28,32)/t23-/m0/s1. The molecule has 4 rings (SSSR count). The number of ether oxygens (including phenoxy) is 2. The predicted octanol–water partition coefficient (Wildman–Crippen LogP) is 5.73. The zero-order chi connectivity index (χ0) is 24.1. The van der Waals surface area contributed by atoms with Crippen molar-refractivity contribution in [1.29, 1.82) is 0 Å². The zero-order valence-electron chi connectivity index (χ0n) is 19.8. The number of nitrogens with one attached hydrogen (secondary N) is 1. The third-order valence-corrected chi connectivity index (χ3v) is 5.91. The number of nitrogens with zero attached hydrogens (tertiary/aromatic N) is 3. The summed E-state index contributed by atoms with van der Waals surface area (Å²) in [5, 5.41) is 8.43. The van der Waals surface area contributed by atoms with Gasteiger partial charge in [-0.3, -0.25) is 0 Å². The maximum atomic E-state index is 13.1. The van der Waals surface area contributed by atoms with Crippen molar-refractivity contribution in [3.05, 3.63) is 70.9 Å². The molecule has 180 valence electrons. The highest BCUT2D eigenvalue weighted by Crippen LogP contribution is 2.32. The molecule has 0 unspecified atom stereocenters. The van der Waals surface area contributed by atoms with E-state index >= 15 is 0 Å². The normalized spacial score (nSPS) is 15.5. The molecule has 34 heavy (non-hydrogen) atoms.